The minimum absolute atomic E-state index is 0.00411. The first-order valence-corrected chi connectivity index (χ1v) is 6.56. The smallest absolute Gasteiger partial charge is 0.337 e. The number of hydrogen-bond acceptors (Lipinski definition) is 2. The van der Waals surface area contributed by atoms with E-state index in [1.807, 2.05) is 17.6 Å². The molecule has 1 aromatic heterocycles. The molecule has 0 aliphatic carbocycles. The van der Waals surface area contributed by atoms with E-state index in [2.05, 4.69) is 6.92 Å². The van der Waals surface area contributed by atoms with E-state index in [1.165, 1.54) is 5.56 Å². The van der Waals surface area contributed by atoms with Gasteiger partial charge in [0.2, 0.25) is 0 Å². The van der Waals surface area contributed by atoms with Crippen molar-refractivity contribution in [1.82, 2.24) is 4.57 Å². The number of nitrogens with zero attached hydrogens (tertiary/aromatic N) is 1. The van der Waals surface area contributed by atoms with Crippen LogP contribution in [0.4, 0.5) is 0 Å². The van der Waals surface area contributed by atoms with Gasteiger partial charge in [-0.3, -0.25) is 0 Å². The summed E-state index contributed by atoms with van der Waals surface area (Å²) in [5.41, 5.74) is 3.27. The summed E-state index contributed by atoms with van der Waals surface area (Å²) in [6.45, 7) is 4.53. The fraction of sp³-hybridized carbons (Fsp3) is 0.400. The number of carbonyl (C=O) groups is 1. The van der Waals surface area contributed by atoms with Crippen molar-refractivity contribution in [3.63, 3.8) is 0 Å². The number of carboxylic acids is 1. The Hall–Kier alpha value is -1.81. The van der Waals surface area contributed by atoms with Crippen molar-refractivity contribution in [1.29, 1.82) is 0 Å². The van der Waals surface area contributed by atoms with Crippen LogP contribution in [0.1, 0.15) is 35.0 Å². The molecular formula is C15H19NO3. The molecular weight excluding hydrogens is 242 g/mol. The molecule has 0 aliphatic rings. The summed E-state index contributed by atoms with van der Waals surface area (Å²) in [6, 6.07) is 5.37. The van der Waals surface area contributed by atoms with Gasteiger partial charge in [0.05, 0.1) is 17.7 Å². The summed E-state index contributed by atoms with van der Waals surface area (Å²) in [4.78, 5) is 11.4. The highest BCUT2D eigenvalue weighted by atomic mass is 16.4. The molecule has 0 bridgehead atoms. The largest absolute Gasteiger partial charge is 0.478 e. The number of aliphatic hydroxyl groups excluding tert-OH is 1. The summed E-state index contributed by atoms with van der Waals surface area (Å²) in [7, 11) is 0. The average molecular weight is 261 g/mol. The van der Waals surface area contributed by atoms with Crippen LogP contribution in [0.15, 0.2) is 18.2 Å². The van der Waals surface area contributed by atoms with E-state index in [0.29, 0.717) is 12.1 Å². The Balaban J connectivity index is 2.81. The molecule has 4 heteroatoms. The molecule has 0 saturated carbocycles. The summed E-state index contributed by atoms with van der Waals surface area (Å²) in [5.74, 6) is -0.926. The molecule has 2 rings (SSSR count). The van der Waals surface area contributed by atoms with E-state index >= 15 is 0 Å². The summed E-state index contributed by atoms with van der Waals surface area (Å²) in [6.07, 6.45) is 1.93. The van der Waals surface area contributed by atoms with Crippen LogP contribution in [-0.2, 0) is 13.0 Å². The monoisotopic (exact) mass is 261 g/mol. The van der Waals surface area contributed by atoms with Crippen LogP contribution in [-0.4, -0.2) is 27.4 Å². The predicted molar refractivity (Wildman–Crippen MR) is 74.7 cm³/mol. The highest BCUT2D eigenvalue weighted by molar-refractivity contribution is 6.03. The lowest BCUT2D eigenvalue weighted by molar-refractivity contribution is 0.0698. The van der Waals surface area contributed by atoms with Gasteiger partial charge in [0.15, 0.2) is 0 Å². The molecule has 102 valence electrons. The highest BCUT2D eigenvalue weighted by Crippen LogP contribution is 2.29. The maximum Gasteiger partial charge on any atom is 0.337 e. The van der Waals surface area contributed by atoms with E-state index in [1.54, 1.807) is 12.1 Å². The molecule has 19 heavy (non-hydrogen) atoms. The van der Waals surface area contributed by atoms with Crippen molar-refractivity contribution < 1.29 is 15.0 Å². The molecule has 0 amide bonds. The SMILES string of the molecule is CCCc1c(C)n(CCO)c2c(C(=O)O)cccc12. The lowest BCUT2D eigenvalue weighted by Gasteiger charge is -2.08. The molecule has 1 aromatic carbocycles. The third-order valence-electron chi connectivity index (χ3n) is 3.53. The average Bonchev–Trinajstić information content (AvgIpc) is 2.65. The fourth-order valence-corrected chi connectivity index (χ4v) is 2.72. The Kier molecular flexibility index (Phi) is 3.90. The third kappa shape index (κ3) is 2.24. The van der Waals surface area contributed by atoms with Crippen LogP contribution < -0.4 is 0 Å². The second-order valence-corrected chi connectivity index (χ2v) is 4.70. The van der Waals surface area contributed by atoms with Gasteiger partial charge in [-0.25, -0.2) is 4.79 Å². The van der Waals surface area contributed by atoms with Crippen LogP contribution in [0.3, 0.4) is 0 Å². The van der Waals surface area contributed by atoms with Crippen molar-refractivity contribution in [2.45, 2.75) is 33.2 Å². The zero-order chi connectivity index (χ0) is 14.0. The number of para-hydroxylation sites is 1. The van der Waals surface area contributed by atoms with Gasteiger partial charge in [0, 0.05) is 17.6 Å². The van der Waals surface area contributed by atoms with E-state index in [4.69, 9.17) is 0 Å². The number of fused-ring (bicyclic) bond motifs is 1. The number of hydrogen-bond donors (Lipinski definition) is 2. The van der Waals surface area contributed by atoms with Crippen LogP contribution in [0.25, 0.3) is 10.9 Å². The normalized spacial score (nSPS) is 11.1. The van der Waals surface area contributed by atoms with E-state index in [-0.39, 0.29) is 6.61 Å². The molecule has 0 radical (unpaired) electrons. The summed E-state index contributed by atoms with van der Waals surface area (Å²) >= 11 is 0. The topological polar surface area (TPSA) is 62.5 Å². The van der Waals surface area contributed by atoms with Gasteiger partial charge >= 0.3 is 5.97 Å². The summed E-state index contributed by atoms with van der Waals surface area (Å²) in [5, 5.41) is 19.5. The molecule has 2 aromatic rings. The Morgan fingerprint density at radius 2 is 2.11 bits per heavy atom. The Labute approximate surface area is 112 Å². The molecule has 1 heterocycles. The van der Waals surface area contributed by atoms with Crippen molar-refractivity contribution in [3.8, 4) is 0 Å². The number of aliphatic hydroxyl groups is 1. The van der Waals surface area contributed by atoms with Crippen LogP contribution >= 0.6 is 0 Å². The first-order valence-electron chi connectivity index (χ1n) is 6.56. The van der Waals surface area contributed by atoms with Gasteiger partial charge in [-0.05, 0) is 25.0 Å². The summed E-state index contributed by atoms with van der Waals surface area (Å²) < 4.78 is 1.92. The van der Waals surface area contributed by atoms with Gasteiger partial charge in [-0.1, -0.05) is 25.5 Å². The zero-order valence-electron chi connectivity index (χ0n) is 11.3. The van der Waals surface area contributed by atoms with Crippen molar-refractivity contribution >= 4 is 16.9 Å². The van der Waals surface area contributed by atoms with Crippen molar-refractivity contribution in [3.05, 3.63) is 35.0 Å². The van der Waals surface area contributed by atoms with Gasteiger partial charge < -0.3 is 14.8 Å². The van der Waals surface area contributed by atoms with E-state index in [0.717, 1.165) is 29.4 Å². The standard InChI is InChI=1S/C15H19NO3/c1-3-5-11-10(2)16(8-9-17)14-12(11)6-4-7-13(14)15(18)19/h4,6-7,17H,3,5,8-9H2,1-2H3,(H,18,19). The van der Waals surface area contributed by atoms with Gasteiger partial charge in [0.1, 0.15) is 0 Å². The molecule has 0 unspecified atom stereocenters. The predicted octanol–water partition coefficient (Wildman–Crippen LogP) is 2.59. The second kappa shape index (κ2) is 5.45. The maximum absolute atomic E-state index is 11.4. The lowest BCUT2D eigenvalue weighted by atomic mass is 10.0. The van der Waals surface area contributed by atoms with E-state index < -0.39 is 5.97 Å². The molecule has 0 fully saturated rings. The molecule has 0 spiro atoms. The molecule has 4 nitrogen and oxygen atoms in total. The quantitative estimate of drug-likeness (QED) is 0.869. The maximum atomic E-state index is 11.4. The second-order valence-electron chi connectivity index (χ2n) is 4.70. The number of aromatic nitrogens is 1. The molecule has 0 aliphatic heterocycles. The van der Waals surface area contributed by atoms with Gasteiger partial charge in [-0.15, -0.1) is 0 Å². The minimum atomic E-state index is -0.926. The van der Waals surface area contributed by atoms with Gasteiger partial charge in [-0.2, -0.15) is 0 Å². The van der Waals surface area contributed by atoms with E-state index in [9.17, 15) is 15.0 Å². The number of rotatable bonds is 5. The number of aromatic carboxylic acids is 1. The first kappa shape index (κ1) is 13.6. The van der Waals surface area contributed by atoms with Crippen molar-refractivity contribution in [2.75, 3.05) is 6.61 Å². The van der Waals surface area contributed by atoms with Crippen molar-refractivity contribution in [2.24, 2.45) is 0 Å². The lowest BCUT2D eigenvalue weighted by Crippen LogP contribution is -2.07. The number of aryl methyl sites for hydroxylation is 1. The van der Waals surface area contributed by atoms with Gasteiger partial charge in [0.25, 0.3) is 0 Å². The fourth-order valence-electron chi connectivity index (χ4n) is 2.72. The Morgan fingerprint density at radius 3 is 2.68 bits per heavy atom. The Morgan fingerprint density at radius 1 is 1.37 bits per heavy atom. The highest BCUT2D eigenvalue weighted by Gasteiger charge is 2.18. The van der Waals surface area contributed by atoms with Crippen LogP contribution in [0.5, 0.6) is 0 Å². The minimum Gasteiger partial charge on any atom is -0.478 e. The van der Waals surface area contributed by atoms with Crippen LogP contribution in [0.2, 0.25) is 0 Å². The van der Waals surface area contributed by atoms with Crippen LogP contribution in [0, 0.1) is 6.92 Å². The number of carboxylic acid groups (broad SMARTS) is 1. The molecule has 0 atom stereocenters. The zero-order valence-corrected chi connectivity index (χ0v) is 11.3. The Bertz CT molecular complexity index is 613. The molecule has 0 saturated heterocycles. The number of benzene rings is 1. The molecule has 2 N–H and O–H groups in total. The third-order valence-corrected chi connectivity index (χ3v) is 3.53. The first-order chi connectivity index (χ1) is 9.11.